The molecular formula is C41H55N5O11S2. The number of nitrogens with two attached hydrogens (primary N) is 1. The first-order valence-corrected chi connectivity index (χ1v) is 21.7. The van der Waals surface area contributed by atoms with Crippen molar-refractivity contribution in [1.82, 2.24) is 9.44 Å². The number of anilines is 1. The molecule has 0 radical (unpaired) electrons. The van der Waals surface area contributed by atoms with Crippen LogP contribution in [0.5, 0.6) is 11.5 Å². The molecule has 0 bridgehead atoms. The summed E-state index contributed by atoms with van der Waals surface area (Å²) in [6, 6.07) is 23.5. The van der Waals surface area contributed by atoms with Gasteiger partial charge in [0.2, 0.25) is 20.0 Å². The van der Waals surface area contributed by atoms with Gasteiger partial charge in [0.1, 0.15) is 22.8 Å². The van der Waals surface area contributed by atoms with Crippen LogP contribution in [0.4, 0.5) is 11.4 Å². The Morgan fingerprint density at radius 1 is 0.712 bits per heavy atom. The first-order chi connectivity index (χ1) is 27.9. The standard InChI is InChI=1S/C17H20N2O5S.C17H22N2O3S.C7H13NO3/c1-13-8-9-16(14(2)12-13)24-11-5-10-18-25(22,23)17-7-4-3-6-15(17)19(20)21;1-13-8-9-16(14(2)12-13)22-11-5-10-19-23(20,21)17-7-4-3-6-15(17)18;1-3-10-6(8)5-7(9)11-4-2/h3-4,6-9,12,18H,5,10-11H2,1-2H3;3-4,6-9,12,19H,5,10-11,18H2,1-2H3;8H,3-5H2,1-2H3. The molecule has 0 spiro atoms. The second kappa shape index (κ2) is 25.0. The molecule has 4 aromatic rings. The van der Waals surface area contributed by atoms with E-state index in [0.29, 0.717) is 45.8 Å². The van der Waals surface area contributed by atoms with E-state index in [1.54, 1.807) is 32.0 Å². The quantitative estimate of drug-likeness (QED) is 0.0149. The highest BCUT2D eigenvalue weighted by atomic mass is 32.2. The van der Waals surface area contributed by atoms with E-state index in [1.807, 2.05) is 58.0 Å². The zero-order chi connectivity index (χ0) is 44.0. The van der Waals surface area contributed by atoms with Crippen molar-refractivity contribution in [2.75, 3.05) is 45.3 Å². The summed E-state index contributed by atoms with van der Waals surface area (Å²) >= 11 is 0. The van der Waals surface area contributed by atoms with Crippen LogP contribution < -0.4 is 24.7 Å². The average Bonchev–Trinajstić information content (AvgIpc) is 3.17. The molecule has 4 aromatic carbocycles. The van der Waals surface area contributed by atoms with Gasteiger partial charge in [-0.1, -0.05) is 59.7 Å². The number of nitrogens with zero attached hydrogens (tertiary/aromatic N) is 1. The number of hydrogen-bond donors (Lipinski definition) is 4. The molecule has 0 saturated heterocycles. The predicted molar refractivity (Wildman–Crippen MR) is 227 cm³/mol. The number of para-hydroxylation sites is 2. The van der Waals surface area contributed by atoms with Crippen LogP contribution in [0.2, 0.25) is 0 Å². The zero-order valence-corrected chi connectivity index (χ0v) is 35.9. The summed E-state index contributed by atoms with van der Waals surface area (Å²) in [5.41, 5.74) is 9.91. The minimum absolute atomic E-state index is 0.0362. The first-order valence-electron chi connectivity index (χ1n) is 18.7. The second-order valence-electron chi connectivity index (χ2n) is 12.8. The third kappa shape index (κ3) is 17.9. The SMILES string of the molecule is CCOC(=N)CC(=O)OCC.Cc1ccc(OCCCNS(=O)(=O)c2ccccc2N)c(C)c1.Cc1ccc(OCCCNS(=O)(=O)c2ccccc2[N+](=O)[O-])c(C)c1. The Labute approximate surface area is 347 Å². The van der Waals surface area contributed by atoms with Gasteiger partial charge < -0.3 is 24.7 Å². The highest BCUT2D eigenvalue weighted by molar-refractivity contribution is 7.90. The van der Waals surface area contributed by atoms with E-state index in [0.717, 1.165) is 34.3 Å². The number of sulfonamides is 2. The molecule has 18 heteroatoms. The Kier molecular flexibility index (Phi) is 21.0. The van der Waals surface area contributed by atoms with Crippen molar-refractivity contribution in [2.45, 2.75) is 70.6 Å². The number of nitro groups is 1. The smallest absolute Gasteiger partial charge is 0.315 e. The number of rotatable bonds is 19. The Hall–Kier alpha value is -5.56. The number of nitro benzene ring substituents is 1. The topological polar surface area (TPSA) is 239 Å². The molecule has 0 heterocycles. The fraction of sp³-hybridized carbons (Fsp3) is 0.366. The van der Waals surface area contributed by atoms with Crippen LogP contribution in [0.25, 0.3) is 0 Å². The van der Waals surface area contributed by atoms with Crippen LogP contribution in [-0.2, 0) is 34.3 Å². The van der Waals surface area contributed by atoms with Crippen molar-refractivity contribution in [1.29, 1.82) is 5.41 Å². The first kappa shape index (κ1) is 49.6. The maximum atomic E-state index is 12.2. The van der Waals surface area contributed by atoms with E-state index < -0.39 is 36.6 Å². The van der Waals surface area contributed by atoms with E-state index in [4.69, 9.17) is 25.4 Å². The van der Waals surface area contributed by atoms with Crippen LogP contribution in [0.15, 0.2) is 94.7 Å². The zero-order valence-electron chi connectivity index (χ0n) is 34.3. The van der Waals surface area contributed by atoms with Gasteiger partial charge in [0.15, 0.2) is 10.8 Å². The molecule has 5 N–H and O–H groups in total. The fourth-order valence-corrected chi connectivity index (χ4v) is 7.58. The van der Waals surface area contributed by atoms with Crippen LogP contribution in [-0.4, -0.2) is 73.1 Å². The summed E-state index contributed by atoms with van der Waals surface area (Å²) in [4.78, 5) is 20.7. The van der Waals surface area contributed by atoms with E-state index in [1.165, 1.54) is 29.8 Å². The lowest BCUT2D eigenvalue weighted by Crippen LogP contribution is -2.26. The summed E-state index contributed by atoms with van der Waals surface area (Å²) in [5.74, 6) is 1.13. The Bertz CT molecular complexity index is 2200. The summed E-state index contributed by atoms with van der Waals surface area (Å²) in [5, 5.41) is 18.0. The van der Waals surface area contributed by atoms with Crippen molar-refractivity contribution in [2.24, 2.45) is 0 Å². The maximum Gasteiger partial charge on any atom is 0.315 e. The highest BCUT2D eigenvalue weighted by Crippen LogP contribution is 2.23. The molecule has 0 amide bonds. The Morgan fingerprint density at radius 2 is 1.17 bits per heavy atom. The van der Waals surface area contributed by atoms with Crippen LogP contribution in [0.1, 0.15) is 55.4 Å². The van der Waals surface area contributed by atoms with Gasteiger partial charge in [-0.2, -0.15) is 0 Å². The number of ether oxygens (including phenoxy) is 4. The molecule has 0 aliphatic rings. The van der Waals surface area contributed by atoms with Gasteiger partial charge in [-0.05, 0) is 95.8 Å². The molecule has 0 fully saturated rings. The number of aryl methyl sites for hydroxylation is 4. The number of nitrogen functional groups attached to an aromatic ring is 1. The molecule has 0 aliphatic heterocycles. The third-order valence-corrected chi connectivity index (χ3v) is 10.9. The average molecular weight is 858 g/mol. The van der Waals surface area contributed by atoms with Crippen LogP contribution in [0, 0.1) is 43.2 Å². The molecule has 0 aromatic heterocycles. The monoisotopic (exact) mass is 857 g/mol. The van der Waals surface area contributed by atoms with Crippen molar-refractivity contribution in [3.8, 4) is 11.5 Å². The number of nitrogens with one attached hydrogen (secondary N) is 3. The number of carbonyl (C=O) groups is 1. The fourth-order valence-electron chi connectivity index (χ4n) is 5.13. The van der Waals surface area contributed by atoms with Crippen molar-refractivity contribution < 1.29 is 45.5 Å². The second-order valence-corrected chi connectivity index (χ2v) is 16.3. The van der Waals surface area contributed by atoms with Gasteiger partial charge in [-0.15, -0.1) is 0 Å². The van der Waals surface area contributed by atoms with E-state index in [2.05, 4.69) is 20.2 Å². The van der Waals surface area contributed by atoms with Gasteiger partial charge >= 0.3 is 5.97 Å². The maximum absolute atomic E-state index is 12.2. The van der Waals surface area contributed by atoms with Crippen LogP contribution in [0.3, 0.4) is 0 Å². The number of benzene rings is 4. The Balaban J connectivity index is 0.000000328. The molecule has 0 unspecified atom stereocenters. The van der Waals surface area contributed by atoms with E-state index in [-0.39, 0.29) is 34.3 Å². The van der Waals surface area contributed by atoms with Crippen molar-refractivity contribution >= 4 is 43.3 Å². The number of hydrogen-bond acceptors (Lipinski definition) is 13. The van der Waals surface area contributed by atoms with Crippen LogP contribution >= 0.6 is 0 Å². The van der Waals surface area contributed by atoms with Gasteiger partial charge in [-0.3, -0.25) is 20.3 Å². The van der Waals surface area contributed by atoms with E-state index >= 15 is 0 Å². The minimum atomic E-state index is -3.94. The van der Waals surface area contributed by atoms with Crippen molar-refractivity contribution in [3.63, 3.8) is 0 Å². The summed E-state index contributed by atoms with van der Waals surface area (Å²) < 4.78 is 74.3. The third-order valence-electron chi connectivity index (χ3n) is 7.89. The molecule has 0 aliphatic carbocycles. The van der Waals surface area contributed by atoms with Gasteiger partial charge in [-0.25, -0.2) is 26.3 Å². The molecule has 59 heavy (non-hydrogen) atoms. The van der Waals surface area contributed by atoms with Crippen molar-refractivity contribution in [3.05, 3.63) is 117 Å². The van der Waals surface area contributed by atoms with E-state index in [9.17, 15) is 31.7 Å². The minimum Gasteiger partial charge on any atom is -0.493 e. The van der Waals surface area contributed by atoms with Gasteiger partial charge in [0, 0.05) is 19.2 Å². The lowest BCUT2D eigenvalue weighted by Gasteiger charge is -2.11. The summed E-state index contributed by atoms with van der Waals surface area (Å²) in [6.45, 7) is 13.4. The molecular weight excluding hydrogens is 803 g/mol. The predicted octanol–water partition coefficient (Wildman–Crippen LogP) is 6.55. The summed E-state index contributed by atoms with van der Waals surface area (Å²) in [6.07, 6.45) is 0.939. The highest BCUT2D eigenvalue weighted by Gasteiger charge is 2.24. The number of esters is 1. The molecule has 4 rings (SSSR count). The van der Waals surface area contributed by atoms with Gasteiger partial charge in [0.05, 0.1) is 37.0 Å². The lowest BCUT2D eigenvalue weighted by molar-refractivity contribution is -0.387. The molecule has 16 nitrogen and oxygen atoms in total. The molecule has 0 saturated carbocycles. The normalized spacial score (nSPS) is 10.9. The molecule has 0 atom stereocenters. The summed E-state index contributed by atoms with van der Waals surface area (Å²) in [7, 11) is -7.52. The van der Waals surface area contributed by atoms with Gasteiger partial charge in [0.25, 0.3) is 5.69 Å². The number of carbonyl (C=O) groups excluding carboxylic acids is 1. The Morgan fingerprint density at radius 3 is 1.63 bits per heavy atom. The molecule has 322 valence electrons. The largest absolute Gasteiger partial charge is 0.493 e. The lowest BCUT2D eigenvalue weighted by atomic mass is 10.1.